The molecule has 0 unspecified atom stereocenters. The van der Waals surface area contributed by atoms with E-state index in [1.807, 2.05) is 4.90 Å². The van der Waals surface area contributed by atoms with Gasteiger partial charge in [-0.25, -0.2) is 0 Å². The van der Waals surface area contributed by atoms with Crippen LogP contribution in [0.3, 0.4) is 0 Å². The number of Topliss-reactive ketones (excluding diaryl/α,β-unsaturated/α-hetero) is 4. The summed E-state index contributed by atoms with van der Waals surface area (Å²) in [7, 11) is 0. The van der Waals surface area contributed by atoms with Gasteiger partial charge in [0.15, 0.2) is 0 Å². The van der Waals surface area contributed by atoms with Crippen molar-refractivity contribution in [1.82, 2.24) is 19.6 Å². The molecule has 9 heteroatoms. The number of nitrogens with zero attached hydrogens (tertiary/aromatic N) is 4. The molecular formula is C20H35N4O4Y+2. The molecule has 29 heavy (non-hydrogen) atoms. The zero-order valence-electron chi connectivity index (χ0n) is 18.4. The van der Waals surface area contributed by atoms with Crippen molar-refractivity contribution in [2.75, 3.05) is 72.0 Å². The summed E-state index contributed by atoms with van der Waals surface area (Å²) in [4.78, 5) is 54.7. The van der Waals surface area contributed by atoms with Gasteiger partial charge < -0.3 is 9.69 Å². The summed E-state index contributed by atoms with van der Waals surface area (Å²) >= 11 is 0. The number of carbonyl (C=O) groups excluding carboxylic acids is 4. The number of hydrogen-bond donors (Lipinski definition) is 0. The Labute approximate surface area is 200 Å². The van der Waals surface area contributed by atoms with Crippen molar-refractivity contribution in [1.29, 1.82) is 0 Å². The van der Waals surface area contributed by atoms with Crippen molar-refractivity contribution < 1.29 is 51.9 Å². The third-order valence-corrected chi connectivity index (χ3v) is 4.57. The topological polar surface area (TPSA) is 81.2 Å². The number of carbonyl (C=O) groups is 4. The van der Waals surface area contributed by atoms with Crippen LogP contribution in [0.2, 0.25) is 0 Å². The Balaban J connectivity index is 0.00000784. The molecule has 0 aromatic heterocycles. The molecule has 0 saturated carbocycles. The smallest absolute Gasteiger partial charge is 0.432 e. The van der Waals surface area contributed by atoms with E-state index in [1.54, 1.807) is 27.3 Å². The molecule has 1 aliphatic rings. The predicted octanol–water partition coefficient (Wildman–Crippen LogP) is -0.277. The molecule has 0 bridgehead atoms. The summed E-state index contributed by atoms with van der Waals surface area (Å²) in [5.74, 6) is 0.279. The van der Waals surface area contributed by atoms with Crippen LogP contribution in [-0.2, 0) is 51.9 Å². The Morgan fingerprint density at radius 1 is 0.586 bits per heavy atom. The van der Waals surface area contributed by atoms with Gasteiger partial charge in [0, 0.05) is 45.1 Å². The zero-order valence-corrected chi connectivity index (χ0v) is 21.2. The molecular weight excluding hydrogens is 449 g/mol. The maximum atomic E-state index is 11.6. The van der Waals surface area contributed by atoms with Gasteiger partial charge in [-0.15, -0.1) is 0 Å². The maximum absolute atomic E-state index is 11.6. The molecule has 1 rings (SSSR count). The molecule has 1 aliphatic heterocycles. The summed E-state index contributed by atoms with van der Waals surface area (Å²) in [5.41, 5.74) is 0. The van der Waals surface area contributed by atoms with Gasteiger partial charge in [0.1, 0.15) is 17.3 Å². The number of hydrogen-bond acceptors (Lipinski definition) is 8. The fourth-order valence-corrected chi connectivity index (χ4v) is 3.36. The third-order valence-electron chi connectivity index (χ3n) is 4.57. The quantitative estimate of drug-likeness (QED) is 0.436. The van der Waals surface area contributed by atoms with Crippen LogP contribution in [0.25, 0.3) is 0 Å². The van der Waals surface area contributed by atoms with E-state index in [4.69, 9.17) is 0 Å². The first kappa shape index (κ1) is 28.5. The molecule has 0 atom stereocenters. The van der Waals surface area contributed by atoms with Crippen LogP contribution in [0.15, 0.2) is 0 Å². The average molecular weight is 484 g/mol. The molecule has 8 nitrogen and oxygen atoms in total. The van der Waals surface area contributed by atoms with Crippen molar-refractivity contribution in [3.05, 3.63) is 6.54 Å². The standard InChI is InChI=1S/C20H35N4O4.Y/c1-17(25)13-21-5-7-22(14-18(2)26)9-11-24(16-20(4)28)12-10-23(8-6-21)15-19(3)27;/h13H,5-12,14-16H2,1-4H3;/q-1;+3. The van der Waals surface area contributed by atoms with Gasteiger partial charge in [0.2, 0.25) is 0 Å². The first-order valence-corrected chi connectivity index (χ1v) is 9.90. The average Bonchev–Trinajstić information content (AvgIpc) is 2.55. The summed E-state index contributed by atoms with van der Waals surface area (Å²) in [6, 6.07) is 0. The minimum absolute atomic E-state index is 0. The first-order chi connectivity index (χ1) is 13.2. The first-order valence-electron chi connectivity index (χ1n) is 9.90. The SMILES string of the molecule is CC(=O)[CH-]N1CCN(CC(C)=O)CCN(CC(C)=O)CCN(CC(C)=O)CC1.[Y+3]. The van der Waals surface area contributed by atoms with Crippen molar-refractivity contribution >= 4 is 23.1 Å². The Kier molecular flexibility index (Phi) is 15.1. The van der Waals surface area contributed by atoms with E-state index in [0.29, 0.717) is 72.0 Å². The van der Waals surface area contributed by atoms with Crippen molar-refractivity contribution in [3.8, 4) is 0 Å². The summed E-state index contributed by atoms with van der Waals surface area (Å²) in [6.07, 6.45) is 0. The fraction of sp³-hybridized carbons (Fsp3) is 0.750. The maximum Gasteiger partial charge on any atom is 3.00 e. The minimum atomic E-state index is -0.0176. The predicted molar refractivity (Wildman–Crippen MR) is 108 cm³/mol. The van der Waals surface area contributed by atoms with Crippen LogP contribution in [0.1, 0.15) is 27.7 Å². The molecule has 0 N–H and O–H groups in total. The van der Waals surface area contributed by atoms with Gasteiger partial charge in [-0.2, -0.15) is 0 Å². The summed E-state index contributed by atoms with van der Waals surface area (Å²) in [6.45, 7) is 14.2. The Morgan fingerprint density at radius 2 is 0.862 bits per heavy atom. The summed E-state index contributed by atoms with van der Waals surface area (Å²) in [5, 5.41) is 0. The van der Waals surface area contributed by atoms with Gasteiger partial charge in [-0.05, 0) is 40.8 Å². The van der Waals surface area contributed by atoms with E-state index < -0.39 is 0 Å². The van der Waals surface area contributed by atoms with E-state index >= 15 is 0 Å². The Hall–Kier alpha value is -0.506. The van der Waals surface area contributed by atoms with E-state index in [9.17, 15) is 19.2 Å². The molecule has 1 saturated heterocycles. The fourth-order valence-electron chi connectivity index (χ4n) is 3.36. The molecule has 0 aromatic carbocycles. The van der Waals surface area contributed by atoms with Crippen LogP contribution < -0.4 is 0 Å². The van der Waals surface area contributed by atoms with E-state index in [-0.39, 0.29) is 55.8 Å². The van der Waals surface area contributed by atoms with E-state index in [0.717, 1.165) is 0 Å². The van der Waals surface area contributed by atoms with Crippen LogP contribution in [0, 0.1) is 6.54 Å². The number of ketones is 4. The molecule has 0 aromatic rings. The van der Waals surface area contributed by atoms with Gasteiger partial charge in [0.25, 0.3) is 0 Å². The van der Waals surface area contributed by atoms with Gasteiger partial charge >= 0.3 is 32.7 Å². The second-order valence-corrected chi connectivity index (χ2v) is 7.71. The van der Waals surface area contributed by atoms with E-state index in [1.165, 1.54) is 6.92 Å². The zero-order chi connectivity index (χ0) is 21.1. The molecule has 160 valence electrons. The van der Waals surface area contributed by atoms with Gasteiger partial charge in [-0.3, -0.25) is 35.6 Å². The summed E-state index contributed by atoms with van der Waals surface area (Å²) < 4.78 is 0. The molecule has 0 amide bonds. The van der Waals surface area contributed by atoms with Crippen LogP contribution in [0.4, 0.5) is 0 Å². The largest absolute Gasteiger partial charge is 3.00 e. The molecule has 1 heterocycles. The van der Waals surface area contributed by atoms with Crippen molar-refractivity contribution in [2.24, 2.45) is 0 Å². The minimum Gasteiger partial charge on any atom is -0.432 e. The second kappa shape index (κ2) is 15.3. The molecule has 1 fully saturated rings. The molecule has 0 radical (unpaired) electrons. The van der Waals surface area contributed by atoms with Crippen molar-refractivity contribution in [3.63, 3.8) is 0 Å². The van der Waals surface area contributed by atoms with E-state index in [2.05, 4.69) is 14.7 Å². The Morgan fingerprint density at radius 3 is 1.10 bits per heavy atom. The molecule has 0 aliphatic carbocycles. The normalized spacial score (nSPS) is 18.8. The number of rotatable bonds is 8. The monoisotopic (exact) mass is 484 g/mol. The van der Waals surface area contributed by atoms with Crippen LogP contribution in [-0.4, -0.2) is 115 Å². The van der Waals surface area contributed by atoms with Crippen LogP contribution >= 0.6 is 0 Å². The molecule has 0 spiro atoms. The second-order valence-electron chi connectivity index (χ2n) is 7.71. The Bertz CT molecular complexity index is 447. The third kappa shape index (κ3) is 14.2. The van der Waals surface area contributed by atoms with Crippen molar-refractivity contribution in [2.45, 2.75) is 27.7 Å². The van der Waals surface area contributed by atoms with Gasteiger partial charge in [0.05, 0.1) is 19.6 Å². The van der Waals surface area contributed by atoms with Crippen LogP contribution in [0.5, 0.6) is 0 Å². The van der Waals surface area contributed by atoms with Gasteiger partial charge in [-0.1, -0.05) is 0 Å².